The van der Waals surface area contributed by atoms with Gasteiger partial charge in [0.1, 0.15) is 6.07 Å². The van der Waals surface area contributed by atoms with E-state index >= 15 is 0 Å². The van der Waals surface area contributed by atoms with Crippen molar-refractivity contribution in [3.63, 3.8) is 0 Å². The van der Waals surface area contributed by atoms with Crippen LogP contribution in [0.5, 0.6) is 0 Å². The highest BCUT2D eigenvalue weighted by Crippen LogP contribution is 2.15. The number of nitrogens with zero attached hydrogens (tertiary/aromatic N) is 3. The van der Waals surface area contributed by atoms with E-state index in [4.69, 9.17) is 10.4 Å². The van der Waals surface area contributed by atoms with Crippen LogP contribution in [-0.2, 0) is 0 Å². The monoisotopic (exact) mass is 177 g/mol. The Morgan fingerprint density at radius 1 is 1.77 bits per heavy atom. The molecule has 0 aliphatic heterocycles. The Kier molecular flexibility index (Phi) is 2.45. The molecule has 0 atom stereocenters. The number of pyridine rings is 1. The lowest BCUT2D eigenvalue weighted by atomic mass is 10.3. The van der Waals surface area contributed by atoms with Crippen LogP contribution in [0.3, 0.4) is 0 Å². The average molecular weight is 177 g/mol. The van der Waals surface area contributed by atoms with Crippen LogP contribution >= 0.6 is 0 Å². The van der Waals surface area contributed by atoms with Crippen LogP contribution < -0.4 is 4.90 Å². The van der Waals surface area contributed by atoms with E-state index in [1.807, 2.05) is 6.07 Å². The third-order valence-electron chi connectivity index (χ3n) is 1.54. The van der Waals surface area contributed by atoms with E-state index in [-0.39, 0.29) is 11.4 Å². The Morgan fingerprint density at radius 3 is 3.00 bits per heavy atom. The molecule has 1 heterocycles. The SMILES string of the molecule is CN(C(=O)O)c1cccnc1C#N. The van der Waals surface area contributed by atoms with Gasteiger partial charge in [0.05, 0.1) is 5.69 Å². The van der Waals surface area contributed by atoms with Crippen LogP contribution in [0.4, 0.5) is 10.5 Å². The van der Waals surface area contributed by atoms with Gasteiger partial charge in [-0.25, -0.2) is 9.78 Å². The summed E-state index contributed by atoms with van der Waals surface area (Å²) in [5, 5.41) is 17.3. The summed E-state index contributed by atoms with van der Waals surface area (Å²) in [6, 6.07) is 4.92. The lowest BCUT2D eigenvalue weighted by Crippen LogP contribution is -2.24. The van der Waals surface area contributed by atoms with Gasteiger partial charge < -0.3 is 5.11 Å². The number of amides is 1. The van der Waals surface area contributed by atoms with Gasteiger partial charge in [-0.05, 0) is 12.1 Å². The summed E-state index contributed by atoms with van der Waals surface area (Å²) >= 11 is 0. The van der Waals surface area contributed by atoms with Crippen LogP contribution in [-0.4, -0.2) is 23.2 Å². The first-order valence-electron chi connectivity index (χ1n) is 3.48. The number of anilines is 1. The zero-order chi connectivity index (χ0) is 9.84. The minimum absolute atomic E-state index is 0.104. The highest BCUT2D eigenvalue weighted by Gasteiger charge is 2.12. The van der Waals surface area contributed by atoms with Gasteiger partial charge >= 0.3 is 6.09 Å². The number of hydrogen-bond donors (Lipinski definition) is 1. The first-order valence-corrected chi connectivity index (χ1v) is 3.48. The van der Waals surface area contributed by atoms with Gasteiger partial charge in [-0.15, -0.1) is 0 Å². The molecule has 0 saturated carbocycles. The normalized spacial score (nSPS) is 8.92. The van der Waals surface area contributed by atoms with Crippen molar-refractivity contribution >= 4 is 11.8 Å². The minimum atomic E-state index is -1.12. The maximum atomic E-state index is 10.6. The molecule has 0 aliphatic rings. The zero-order valence-corrected chi connectivity index (χ0v) is 6.93. The van der Waals surface area contributed by atoms with Crippen LogP contribution in [0.25, 0.3) is 0 Å². The molecule has 1 rings (SSSR count). The molecule has 1 amide bonds. The summed E-state index contributed by atoms with van der Waals surface area (Å²) in [5.74, 6) is 0. The van der Waals surface area contributed by atoms with Crippen molar-refractivity contribution in [2.24, 2.45) is 0 Å². The maximum Gasteiger partial charge on any atom is 0.411 e. The number of carbonyl (C=O) groups is 1. The molecule has 1 aromatic rings. The van der Waals surface area contributed by atoms with Crippen LogP contribution in [0.1, 0.15) is 5.69 Å². The van der Waals surface area contributed by atoms with Crippen molar-refractivity contribution in [3.8, 4) is 6.07 Å². The Morgan fingerprint density at radius 2 is 2.46 bits per heavy atom. The number of carboxylic acid groups (broad SMARTS) is 1. The molecular weight excluding hydrogens is 170 g/mol. The van der Waals surface area contributed by atoms with E-state index in [9.17, 15) is 4.79 Å². The summed E-state index contributed by atoms with van der Waals surface area (Å²) in [6.45, 7) is 0. The number of nitriles is 1. The summed E-state index contributed by atoms with van der Waals surface area (Å²) in [4.78, 5) is 15.2. The lowest BCUT2D eigenvalue weighted by Gasteiger charge is -2.12. The fourth-order valence-corrected chi connectivity index (χ4v) is 0.857. The molecule has 0 radical (unpaired) electrons. The standard InChI is InChI=1S/C8H7N3O2/c1-11(8(12)13)7-3-2-4-10-6(7)5-9/h2-4H,1H3,(H,12,13). The topological polar surface area (TPSA) is 77.2 Å². The van der Waals surface area contributed by atoms with Crippen molar-refractivity contribution in [3.05, 3.63) is 24.0 Å². The third-order valence-corrected chi connectivity index (χ3v) is 1.54. The molecule has 5 nitrogen and oxygen atoms in total. The fourth-order valence-electron chi connectivity index (χ4n) is 0.857. The van der Waals surface area contributed by atoms with E-state index in [1.54, 1.807) is 6.07 Å². The van der Waals surface area contributed by atoms with Crippen LogP contribution in [0, 0.1) is 11.3 Å². The highest BCUT2D eigenvalue weighted by molar-refractivity contribution is 5.86. The maximum absolute atomic E-state index is 10.6. The van der Waals surface area contributed by atoms with Gasteiger partial charge in [-0.1, -0.05) is 0 Å². The van der Waals surface area contributed by atoms with Gasteiger partial charge in [0.15, 0.2) is 5.69 Å². The molecule has 0 fully saturated rings. The summed E-state index contributed by atoms with van der Waals surface area (Å²) in [6.07, 6.45) is 0.321. The first kappa shape index (κ1) is 9.00. The number of aromatic nitrogens is 1. The van der Waals surface area contributed by atoms with E-state index in [0.717, 1.165) is 4.90 Å². The Labute approximate surface area is 74.9 Å². The van der Waals surface area contributed by atoms with E-state index in [1.165, 1.54) is 19.3 Å². The predicted molar refractivity (Wildman–Crippen MR) is 45.4 cm³/mol. The number of rotatable bonds is 1. The van der Waals surface area contributed by atoms with Gasteiger partial charge in [0, 0.05) is 13.2 Å². The second-order valence-corrected chi connectivity index (χ2v) is 2.32. The molecular formula is C8H7N3O2. The molecule has 0 saturated heterocycles. The molecule has 13 heavy (non-hydrogen) atoms. The van der Waals surface area contributed by atoms with Crippen molar-refractivity contribution in [1.82, 2.24) is 4.98 Å². The first-order chi connectivity index (χ1) is 6.16. The molecule has 1 aromatic heterocycles. The molecule has 5 heteroatoms. The van der Waals surface area contributed by atoms with Gasteiger partial charge in [-0.3, -0.25) is 4.90 Å². The van der Waals surface area contributed by atoms with E-state index in [2.05, 4.69) is 4.98 Å². The Hall–Kier alpha value is -2.09. The highest BCUT2D eigenvalue weighted by atomic mass is 16.4. The quantitative estimate of drug-likeness (QED) is 0.695. The van der Waals surface area contributed by atoms with E-state index < -0.39 is 6.09 Å². The average Bonchev–Trinajstić information content (AvgIpc) is 2.16. The predicted octanol–water partition coefficient (Wildman–Crippen LogP) is 1.07. The van der Waals surface area contributed by atoms with Crippen molar-refractivity contribution in [1.29, 1.82) is 5.26 Å². The third kappa shape index (κ3) is 1.73. The fraction of sp³-hybridized carbons (Fsp3) is 0.125. The smallest absolute Gasteiger partial charge is 0.411 e. The Balaban J connectivity index is 3.15. The molecule has 66 valence electrons. The summed E-state index contributed by atoms with van der Waals surface area (Å²) in [7, 11) is 1.36. The lowest BCUT2D eigenvalue weighted by molar-refractivity contribution is 0.203. The summed E-state index contributed by atoms with van der Waals surface area (Å²) in [5.41, 5.74) is 0.393. The summed E-state index contributed by atoms with van der Waals surface area (Å²) < 4.78 is 0. The zero-order valence-electron chi connectivity index (χ0n) is 6.93. The van der Waals surface area contributed by atoms with Crippen molar-refractivity contribution in [2.75, 3.05) is 11.9 Å². The molecule has 0 unspecified atom stereocenters. The second kappa shape index (κ2) is 3.54. The van der Waals surface area contributed by atoms with Crippen LogP contribution in [0.2, 0.25) is 0 Å². The second-order valence-electron chi connectivity index (χ2n) is 2.32. The molecule has 1 N–H and O–H groups in total. The molecule has 0 bridgehead atoms. The van der Waals surface area contributed by atoms with Gasteiger partial charge in [0.2, 0.25) is 0 Å². The van der Waals surface area contributed by atoms with Crippen LogP contribution in [0.15, 0.2) is 18.3 Å². The van der Waals surface area contributed by atoms with Crippen molar-refractivity contribution in [2.45, 2.75) is 0 Å². The molecule has 0 aliphatic carbocycles. The molecule has 0 spiro atoms. The number of hydrogen-bond acceptors (Lipinski definition) is 3. The van der Waals surface area contributed by atoms with E-state index in [0.29, 0.717) is 0 Å². The Bertz CT molecular complexity index is 370. The molecule has 0 aromatic carbocycles. The largest absolute Gasteiger partial charge is 0.465 e. The van der Waals surface area contributed by atoms with Crippen molar-refractivity contribution < 1.29 is 9.90 Å². The van der Waals surface area contributed by atoms with Gasteiger partial charge in [0.25, 0.3) is 0 Å². The minimum Gasteiger partial charge on any atom is -0.465 e. The van der Waals surface area contributed by atoms with Gasteiger partial charge in [-0.2, -0.15) is 5.26 Å².